The highest BCUT2D eigenvalue weighted by atomic mass is 16.3. The molecule has 0 aromatic carbocycles. The molecule has 4 heteroatoms. The minimum atomic E-state index is 0.463. The molecule has 1 aromatic heterocycles. The number of amides is 1. The lowest BCUT2D eigenvalue weighted by Gasteiger charge is -2.15. The zero-order valence-corrected chi connectivity index (χ0v) is 6.99. The highest BCUT2D eigenvalue weighted by Crippen LogP contribution is 2.01. The molecule has 0 aliphatic carbocycles. The van der Waals surface area contributed by atoms with Gasteiger partial charge in [0, 0.05) is 6.54 Å². The van der Waals surface area contributed by atoms with Crippen LogP contribution in [0.1, 0.15) is 12.7 Å². The molecular formula is C8H12N2O2. The molecule has 1 rings (SSSR count). The summed E-state index contributed by atoms with van der Waals surface area (Å²) in [5, 5.41) is 1.44. The molecule has 0 saturated heterocycles. The van der Waals surface area contributed by atoms with Crippen LogP contribution in [-0.2, 0) is 11.3 Å². The van der Waals surface area contributed by atoms with Crippen LogP contribution in [0.4, 0.5) is 0 Å². The Kier molecular flexibility index (Phi) is 3.35. The predicted octanol–water partition coefficient (Wildman–Crippen LogP) is 0.762. The SMILES string of the molecule is CCNN(C=O)Cc1ccco1. The number of nitrogens with one attached hydrogen (secondary N) is 1. The normalized spacial score (nSPS) is 9.75. The van der Waals surface area contributed by atoms with Gasteiger partial charge in [0.15, 0.2) is 0 Å². The zero-order chi connectivity index (χ0) is 8.81. The van der Waals surface area contributed by atoms with Gasteiger partial charge in [0.1, 0.15) is 5.76 Å². The van der Waals surface area contributed by atoms with E-state index in [4.69, 9.17) is 4.42 Å². The maximum atomic E-state index is 10.4. The fourth-order valence-corrected chi connectivity index (χ4v) is 0.904. The van der Waals surface area contributed by atoms with Gasteiger partial charge in [-0.15, -0.1) is 0 Å². The van der Waals surface area contributed by atoms with Crippen molar-refractivity contribution >= 4 is 6.41 Å². The Morgan fingerprint density at radius 3 is 3.08 bits per heavy atom. The van der Waals surface area contributed by atoms with E-state index in [2.05, 4.69) is 5.43 Å². The van der Waals surface area contributed by atoms with Crippen LogP contribution in [0, 0.1) is 0 Å². The Bertz CT molecular complexity index is 221. The highest BCUT2D eigenvalue weighted by molar-refractivity contribution is 5.46. The van der Waals surface area contributed by atoms with E-state index >= 15 is 0 Å². The highest BCUT2D eigenvalue weighted by Gasteiger charge is 2.02. The summed E-state index contributed by atoms with van der Waals surface area (Å²) in [6.45, 7) is 3.11. The van der Waals surface area contributed by atoms with E-state index in [1.807, 2.05) is 13.0 Å². The second-order valence-electron chi connectivity index (χ2n) is 2.32. The van der Waals surface area contributed by atoms with Crippen LogP contribution in [0.3, 0.4) is 0 Å². The Balaban J connectivity index is 2.42. The monoisotopic (exact) mass is 168 g/mol. The molecule has 0 unspecified atom stereocenters. The van der Waals surface area contributed by atoms with E-state index in [-0.39, 0.29) is 0 Å². The lowest BCUT2D eigenvalue weighted by molar-refractivity contribution is -0.121. The first kappa shape index (κ1) is 8.80. The van der Waals surface area contributed by atoms with E-state index in [1.54, 1.807) is 12.3 Å². The van der Waals surface area contributed by atoms with Crippen molar-refractivity contribution in [2.75, 3.05) is 6.54 Å². The van der Waals surface area contributed by atoms with Gasteiger partial charge in [-0.3, -0.25) is 9.80 Å². The number of hydrogen-bond donors (Lipinski definition) is 1. The molecule has 0 aliphatic rings. The average molecular weight is 168 g/mol. The van der Waals surface area contributed by atoms with E-state index in [0.29, 0.717) is 6.54 Å². The molecule has 0 saturated carbocycles. The first-order valence-corrected chi connectivity index (χ1v) is 3.84. The van der Waals surface area contributed by atoms with Crippen LogP contribution in [0.25, 0.3) is 0 Å². The summed E-state index contributed by atoms with van der Waals surface area (Å²) in [5.41, 5.74) is 2.88. The van der Waals surface area contributed by atoms with Crippen LogP contribution in [-0.4, -0.2) is 18.0 Å². The molecular weight excluding hydrogens is 156 g/mol. The summed E-state index contributed by atoms with van der Waals surface area (Å²) < 4.78 is 5.07. The Labute approximate surface area is 71.1 Å². The molecule has 1 heterocycles. The summed E-state index contributed by atoms with van der Waals surface area (Å²) in [7, 11) is 0. The average Bonchev–Trinajstić information content (AvgIpc) is 2.56. The summed E-state index contributed by atoms with van der Waals surface area (Å²) >= 11 is 0. The van der Waals surface area contributed by atoms with Gasteiger partial charge in [-0.2, -0.15) is 0 Å². The Hall–Kier alpha value is -1.29. The van der Waals surface area contributed by atoms with Crippen molar-refractivity contribution in [3.63, 3.8) is 0 Å². The summed E-state index contributed by atoms with van der Waals surface area (Å²) in [4.78, 5) is 10.4. The van der Waals surface area contributed by atoms with Crippen molar-refractivity contribution < 1.29 is 9.21 Å². The number of rotatable bonds is 5. The minimum absolute atomic E-state index is 0.463. The van der Waals surface area contributed by atoms with Gasteiger partial charge in [-0.25, -0.2) is 5.43 Å². The van der Waals surface area contributed by atoms with Crippen molar-refractivity contribution in [3.05, 3.63) is 24.2 Å². The molecule has 1 amide bonds. The van der Waals surface area contributed by atoms with Crippen molar-refractivity contribution in [2.45, 2.75) is 13.5 Å². The van der Waals surface area contributed by atoms with Crippen molar-refractivity contribution in [2.24, 2.45) is 0 Å². The van der Waals surface area contributed by atoms with Crippen molar-refractivity contribution in [3.8, 4) is 0 Å². The maximum absolute atomic E-state index is 10.4. The molecule has 0 aliphatic heterocycles. The third kappa shape index (κ3) is 2.39. The van der Waals surface area contributed by atoms with Crippen molar-refractivity contribution in [1.29, 1.82) is 0 Å². The van der Waals surface area contributed by atoms with Gasteiger partial charge < -0.3 is 4.42 Å². The number of carbonyl (C=O) groups is 1. The third-order valence-corrected chi connectivity index (χ3v) is 1.39. The fraction of sp³-hybridized carbons (Fsp3) is 0.375. The summed E-state index contributed by atoms with van der Waals surface area (Å²) in [6, 6.07) is 3.62. The Morgan fingerprint density at radius 1 is 1.75 bits per heavy atom. The molecule has 0 spiro atoms. The fourth-order valence-electron chi connectivity index (χ4n) is 0.904. The molecule has 4 nitrogen and oxygen atoms in total. The van der Waals surface area contributed by atoms with Gasteiger partial charge in [0.25, 0.3) is 0 Å². The van der Waals surface area contributed by atoms with E-state index in [1.165, 1.54) is 5.01 Å². The van der Waals surface area contributed by atoms with Crippen LogP contribution >= 0.6 is 0 Å². The minimum Gasteiger partial charge on any atom is -0.467 e. The second-order valence-corrected chi connectivity index (χ2v) is 2.32. The van der Waals surface area contributed by atoms with Gasteiger partial charge in [-0.1, -0.05) is 6.92 Å². The van der Waals surface area contributed by atoms with Crippen LogP contribution in [0.5, 0.6) is 0 Å². The second kappa shape index (κ2) is 4.56. The standard InChI is InChI=1S/C8H12N2O2/c1-2-9-10(7-11)6-8-4-3-5-12-8/h3-5,7,9H,2,6H2,1H3. The molecule has 0 fully saturated rings. The molecule has 0 radical (unpaired) electrons. The molecule has 12 heavy (non-hydrogen) atoms. The van der Waals surface area contributed by atoms with Gasteiger partial charge in [-0.05, 0) is 12.1 Å². The quantitative estimate of drug-likeness (QED) is 0.521. The zero-order valence-electron chi connectivity index (χ0n) is 6.99. The Morgan fingerprint density at radius 2 is 2.58 bits per heavy atom. The largest absolute Gasteiger partial charge is 0.467 e. The first-order chi connectivity index (χ1) is 5.86. The summed E-state index contributed by atoms with van der Waals surface area (Å²) in [5.74, 6) is 0.767. The van der Waals surface area contributed by atoms with Crippen LogP contribution < -0.4 is 5.43 Å². The molecule has 1 aromatic rings. The van der Waals surface area contributed by atoms with Gasteiger partial charge >= 0.3 is 0 Å². The van der Waals surface area contributed by atoms with Crippen molar-refractivity contribution in [1.82, 2.24) is 10.4 Å². The van der Waals surface area contributed by atoms with Crippen LogP contribution in [0.15, 0.2) is 22.8 Å². The van der Waals surface area contributed by atoms with E-state index in [9.17, 15) is 4.79 Å². The smallest absolute Gasteiger partial charge is 0.224 e. The first-order valence-electron chi connectivity index (χ1n) is 3.84. The number of hydrogen-bond acceptors (Lipinski definition) is 3. The van der Waals surface area contributed by atoms with E-state index in [0.717, 1.165) is 18.7 Å². The molecule has 0 bridgehead atoms. The lowest BCUT2D eigenvalue weighted by Crippen LogP contribution is -2.35. The number of hydrazine groups is 1. The number of nitrogens with zero attached hydrogens (tertiary/aromatic N) is 1. The molecule has 1 N–H and O–H groups in total. The molecule has 66 valence electrons. The molecule has 0 atom stereocenters. The van der Waals surface area contributed by atoms with Gasteiger partial charge in [0.05, 0.1) is 12.8 Å². The third-order valence-electron chi connectivity index (χ3n) is 1.39. The number of furan rings is 1. The summed E-state index contributed by atoms with van der Waals surface area (Å²) in [6.07, 6.45) is 2.33. The van der Waals surface area contributed by atoms with E-state index < -0.39 is 0 Å². The number of carbonyl (C=O) groups excluding carboxylic acids is 1. The topological polar surface area (TPSA) is 45.5 Å². The predicted molar refractivity (Wildman–Crippen MR) is 44.0 cm³/mol. The van der Waals surface area contributed by atoms with Crippen LogP contribution in [0.2, 0.25) is 0 Å². The lowest BCUT2D eigenvalue weighted by atomic mass is 10.4. The maximum Gasteiger partial charge on any atom is 0.224 e. The van der Waals surface area contributed by atoms with Gasteiger partial charge in [0.2, 0.25) is 6.41 Å².